The fourth-order valence-corrected chi connectivity index (χ4v) is 5.68. The van der Waals surface area contributed by atoms with E-state index in [1.807, 2.05) is 36.6 Å². The third-order valence-electron chi connectivity index (χ3n) is 6.03. The summed E-state index contributed by atoms with van der Waals surface area (Å²) in [7, 11) is -4.39. The number of nitrogens with one attached hydrogen (secondary N) is 1. The van der Waals surface area contributed by atoms with E-state index in [1.54, 1.807) is 18.2 Å². The van der Waals surface area contributed by atoms with Crippen LogP contribution in [0, 0.1) is 13.8 Å². The minimum Gasteiger partial charge on any atom is -0.318 e. The Morgan fingerprint density at radius 1 is 1.00 bits per heavy atom. The summed E-state index contributed by atoms with van der Waals surface area (Å²) in [5.41, 5.74) is 4.22. The third-order valence-corrected chi connectivity index (χ3v) is 8.07. The molecule has 1 N–H and O–H groups in total. The largest absolute Gasteiger partial charge is 0.416 e. The van der Waals surface area contributed by atoms with E-state index in [4.69, 9.17) is 11.6 Å². The highest BCUT2D eigenvalue weighted by Gasteiger charge is 2.33. The number of alkyl halides is 3. The molecular formula is C28H24ClF3N4O3S. The minimum absolute atomic E-state index is 0.182. The van der Waals surface area contributed by atoms with E-state index in [2.05, 4.69) is 10.5 Å². The van der Waals surface area contributed by atoms with Gasteiger partial charge in [-0.25, -0.2) is 13.8 Å². The number of hydrogen-bond donors (Lipinski definition) is 1. The highest BCUT2D eigenvalue weighted by Crippen LogP contribution is 2.33. The van der Waals surface area contributed by atoms with Crippen LogP contribution in [-0.2, 0) is 21.0 Å². The van der Waals surface area contributed by atoms with Gasteiger partial charge in [0.25, 0.3) is 15.9 Å². The maximum Gasteiger partial charge on any atom is 0.416 e. The van der Waals surface area contributed by atoms with Gasteiger partial charge in [-0.05, 0) is 74.5 Å². The van der Waals surface area contributed by atoms with Gasteiger partial charge in [-0.3, -0.25) is 9.10 Å². The molecule has 4 rings (SSSR count). The van der Waals surface area contributed by atoms with Gasteiger partial charge in [-0.1, -0.05) is 35.9 Å². The molecule has 0 fully saturated rings. The van der Waals surface area contributed by atoms with Crippen LogP contribution in [0.3, 0.4) is 0 Å². The van der Waals surface area contributed by atoms with Crippen LogP contribution in [0.25, 0.3) is 5.69 Å². The van der Waals surface area contributed by atoms with Gasteiger partial charge < -0.3 is 4.57 Å². The molecule has 0 spiro atoms. The van der Waals surface area contributed by atoms with E-state index in [9.17, 15) is 26.4 Å². The molecule has 0 saturated heterocycles. The second-order valence-corrected chi connectivity index (χ2v) is 11.1. The molecule has 4 aromatic rings. The van der Waals surface area contributed by atoms with Gasteiger partial charge in [-0.15, -0.1) is 0 Å². The lowest BCUT2D eigenvalue weighted by atomic mass is 10.2. The second kappa shape index (κ2) is 11.6. The molecule has 3 aromatic carbocycles. The fourth-order valence-electron chi connectivity index (χ4n) is 4.12. The van der Waals surface area contributed by atoms with E-state index in [0.29, 0.717) is 21.0 Å². The van der Waals surface area contributed by atoms with Crippen LogP contribution in [-0.4, -0.2) is 31.7 Å². The van der Waals surface area contributed by atoms with E-state index in [1.165, 1.54) is 36.5 Å². The lowest BCUT2D eigenvalue weighted by molar-refractivity contribution is -0.137. The molecule has 0 aliphatic heterocycles. The van der Waals surface area contributed by atoms with E-state index >= 15 is 0 Å². The number of aryl methyl sites for hydroxylation is 1. The first-order chi connectivity index (χ1) is 18.9. The summed E-state index contributed by atoms with van der Waals surface area (Å²) in [5, 5.41) is 4.56. The number of amides is 1. The maximum atomic E-state index is 13.4. The van der Waals surface area contributed by atoms with Crippen molar-refractivity contribution in [2.24, 2.45) is 5.10 Å². The standard InChI is InChI=1S/C28H24ClF3N4O3S/c1-19-15-21(20(2)36(19)24-13-11-23(29)12-14-24)17-33-34-27(37)18-35(40(38,39)26-9-4-3-5-10-26)25-8-6-7-22(16-25)28(30,31)32/h3-17H,18H2,1-2H3,(H,34,37)/b33-17-. The molecule has 0 atom stereocenters. The van der Waals surface area contributed by atoms with Gasteiger partial charge in [0.2, 0.25) is 0 Å². The topological polar surface area (TPSA) is 83.8 Å². The number of benzene rings is 3. The SMILES string of the molecule is Cc1cc(/C=N\NC(=O)CN(c2cccc(C(F)(F)F)c2)S(=O)(=O)c2ccccc2)c(C)n1-c1ccc(Cl)cc1. The first kappa shape index (κ1) is 28.9. The predicted octanol–water partition coefficient (Wildman–Crippen LogP) is 6.11. The summed E-state index contributed by atoms with van der Waals surface area (Å²) in [5.74, 6) is -0.848. The van der Waals surface area contributed by atoms with E-state index < -0.39 is 34.2 Å². The number of carbonyl (C=O) groups is 1. The number of hydrazone groups is 1. The van der Waals surface area contributed by atoms with Crippen LogP contribution >= 0.6 is 11.6 Å². The zero-order valence-corrected chi connectivity index (χ0v) is 22.9. The van der Waals surface area contributed by atoms with Crippen molar-refractivity contribution in [3.63, 3.8) is 0 Å². The molecule has 12 heteroatoms. The van der Waals surface area contributed by atoms with Crippen molar-refractivity contribution >= 4 is 39.4 Å². The van der Waals surface area contributed by atoms with Crippen molar-refractivity contribution in [2.45, 2.75) is 24.9 Å². The Kier molecular flexibility index (Phi) is 8.36. The van der Waals surface area contributed by atoms with Gasteiger partial charge in [0.1, 0.15) is 6.54 Å². The number of carbonyl (C=O) groups excluding carboxylic acids is 1. The number of halogens is 4. The van der Waals surface area contributed by atoms with Crippen molar-refractivity contribution < 1.29 is 26.4 Å². The molecular weight excluding hydrogens is 565 g/mol. The van der Waals surface area contributed by atoms with E-state index in [0.717, 1.165) is 29.2 Å². The molecule has 7 nitrogen and oxygen atoms in total. The zero-order chi connectivity index (χ0) is 29.1. The summed E-state index contributed by atoms with van der Waals surface area (Å²) in [6.07, 6.45) is -3.30. The van der Waals surface area contributed by atoms with Crippen LogP contribution in [0.2, 0.25) is 5.02 Å². The quantitative estimate of drug-likeness (QED) is 0.199. The number of nitrogens with zero attached hydrogens (tertiary/aromatic N) is 3. The zero-order valence-electron chi connectivity index (χ0n) is 21.4. The first-order valence-electron chi connectivity index (χ1n) is 11.9. The third kappa shape index (κ3) is 6.37. The van der Waals surface area contributed by atoms with E-state index in [-0.39, 0.29) is 10.6 Å². The Morgan fingerprint density at radius 3 is 2.33 bits per heavy atom. The van der Waals surface area contributed by atoms with Crippen LogP contribution in [0.1, 0.15) is 22.5 Å². The molecule has 0 saturated carbocycles. The maximum absolute atomic E-state index is 13.4. The number of aromatic nitrogens is 1. The van der Waals surface area contributed by atoms with Crippen LogP contribution in [0.4, 0.5) is 18.9 Å². The number of hydrogen-bond acceptors (Lipinski definition) is 4. The van der Waals surface area contributed by atoms with Crippen LogP contribution < -0.4 is 9.73 Å². The summed E-state index contributed by atoms with van der Waals surface area (Å²) >= 11 is 5.99. The molecule has 0 radical (unpaired) electrons. The van der Waals surface area contributed by atoms with Crippen molar-refractivity contribution in [1.29, 1.82) is 0 Å². The van der Waals surface area contributed by atoms with Crippen molar-refractivity contribution in [3.8, 4) is 5.69 Å². The molecule has 208 valence electrons. The summed E-state index contributed by atoms with van der Waals surface area (Å²) in [4.78, 5) is 12.6. The van der Waals surface area contributed by atoms with Crippen LogP contribution in [0.15, 0.2) is 94.9 Å². The molecule has 0 aliphatic rings. The Labute approximate surface area is 234 Å². The number of rotatable bonds is 8. The molecule has 1 heterocycles. The molecule has 1 aromatic heterocycles. The van der Waals surface area contributed by atoms with Gasteiger partial charge in [0.05, 0.1) is 22.4 Å². The summed E-state index contributed by atoms with van der Waals surface area (Å²) in [6, 6.07) is 20.0. The molecule has 0 bridgehead atoms. The highest BCUT2D eigenvalue weighted by molar-refractivity contribution is 7.92. The Bertz CT molecular complexity index is 1650. The number of anilines is 1. The second-order valence-electron chi connectivity index (χ2n) is 8.80. The predicted molar refractivity (Wildman–Crippen MR) is 148 cm³/mol. The van der Waals surface area contributed by atoms with Gasteiger partial charge >= 0.3 is 6.18 Å². The van der Waals surface area contributed by atoms with Crippen LogP contribution in [0.5, 0.6) is 0 Å². The molecule has 0 aliphatic carbocycles. The summed E-state index contributed by atoms with van der Waals surface area (Å²) < 4.78 is 69.4. The molecule has 0 unspecified atom stereocenters. The highest BCUT2D eigenvalue weighted by atomic mass is 35.5. The lowest BCUT2D eigenvalue weighted by Gasteiger charge is -2.24. The average molecular weight is 589 g/mol. The lowest BCUT2D eigenvalue weighted by Crippen LogP contribution is -2.39. The molecule has 1 amide bonds. The number of sulfonamides is 1. The normalized spacial score (nSPS) is 12.1. The van der Waals surface area contributed by atoms with Crippen molar-refractivity contribution in [1.82, 2.24) is 9.99 Å². The fraction of sp³-hybridized carbons (Fsp3) is 0.143. The van der Waals surface area contributed by atoms with Gasteiger partial charge in [-0.2, -0.15) is 18.3 Å². The van der Waals surface area contributed by atoms with Gasteiger partial charge in [0.15, 0.2) is 0 Å². The Balaban J connectivity index is 1.58. The van der Waals surface area contributed by atoms with Crippen molar-refractivity contribution in [2.75, 3.05) is 10.8 Å². The monoisotopic (exact) mass is 588 g/mol. The van der Waals surface area contributed by atoms with Crippen molar-refractivity contribution in [3.05, 3.63) is 112 Å². The minimum atomic E-state index is -4.71. The Hall–Kier alpha value is -4.09. The summed E-state index contributed by atoms with van der Waals surface area (Å²) in [6.45, 7) is 2.96. The first-order valence-corrected chi connectivity index (χ1v) is 13.7. The smallest absolute Gasteiger partial charge is 0.318 e. The average Bonchev–Trinajstić information content (AvgIpc) is 3.20. The Morgan fingerprint density at radius 2 is 1.68 bits per heavy atom. The molecule has 40 heavy (non-hydrogen) atoms. The van der Waals surface area contributed by atoms with Gasteiger partial charge in [0, 0.05) is 27.7 Å².